The lowest BCUT2D eigenvalue weighted by atomic mass is 10.1. The zero-order chi connectivity index (χ0) is 13.4. The molecule has 1 aromatic carbocycles. The van der Waals surface area contributed by atoms with Crippen LogP contribution in [0.15, 0.2) is 24.4 Å². The SMILES string of the molecule is O=C1CS[C@H](c2ccc(F)cc2Cl)c2cn[nH]c2N1. The number of aromatic nitrogens is 2. The average Bonchev–Trinajstić information content (AvgIpc) is 2.74. The Morgan fingerprint density at radius 2 is 2.26 bits per heavy atom. The molecule has 0 bridgehead atoms. The number of anilines is 1. The van der Waals surface area contributed by atoms with Gasteiger partial charge in [0.25, 0.3) is 0 Å². The predicted molar refractivity (Wildman–Crippen MR) is 72.9 cm³/mol. The first-order valence-electron chi connectivity index (χ1n) is 5.55. The first kappa shape index (κ1) is 12.5. The molecular weight excluding hydrogens is 289 g/mol. The van der Waals surface area contributed by atoms with Crippen molar-refractivity contribution >= 4 is 35.1 Å². The summed E-state index contributed by atoms with van der Waals surface area (Å²) in [6.45, 7) is 0. The van der Waals surface area contributed by atoms with Crippen LogP contribution in [-0.2, 0) is 4.79 Å². The average molecular weight is 298 g/mol. The molecule has 2 heterocycles. The van der Waals surface area contributed by atoms with Gasteiger partial charge in [-0.3, -0.25) is 9.89 Å². The second-order valence-electron chi connectivity index (χ2n) is 4.11. The molecule has 0 saturated carbocycles. The summed E-state index contributed by atoms with van der Waals surface area (Å²) in [5.41, 5.74) is 1.61. The number of hydrogen-bond donors (Lipinski definition) is 2. The van der Waals surface area contributed by atoms with Gasteiger partial charge in [-0.25, -0.2) is 4.39 Å². The second kappa shape index (κ2) is 4.86. The highest BCUT2D eigenvalue weighted by Crippen LogP contribution is 2.42. The Labute approximate surface area is 117 Å². The van der Waals surface area contributed by atoms with Gasteiger partial charge in [0, 0.05) is 10.6 Å². The summed E-state index contributed by atoms with van der Waals surface area (Å²) in [7, 11) is 0. The minimum Gasteiger partial charge on any atom is -0.310 e. The van der Waals surface area contributed by atoms with Crippen molar-refractivity contribution in [1.29, 1.82) is 0 Å². The Balaban J connectivity index is 2.08. The summed E-state index contributed by atoms with van der Waals surface area (Å²) in [5.74, 6) is 0.395. The van der Waals surface area contributed by atoms with Gasteiger partial charge in [0.05, 0.1) is 17.2 Å². The maximum atomic E-state index is 13.1. The van der Waals surface area contributed by atoms with Gasteiger partial charge in [0.2, 0.25) is 5.91 Å². The molecule has 0 aliphatic carbocycles. The molecule has 1 amide bonds. The van der Waals surface area contributed by atoms with Crippen molar-refractivity contribution in [2.75, 3.05) is 11.1 Å². The lowest BCUT2D eigenvalue weighted by Crippen LogP contribution is -2.12. The molecule has 1 aliphatic heterocycles. The highest BCUT2D eigenvalue weighted by molar-refractivity contribution is 8.00. The van der Waals surface area contributed by atoms with Gasteiger partial charge in [0.1, 0.15) is 11.6 Å². The van der Waals surface area contributed by atoms with Crippen LogP contribution >= 0.6 is 23.4 Å². The van der Waals surface area contributed by atoms with E-state index >= 15 is 0 Å². The minimum absolute atomic E-state index is 0.101. The predicted octanol–water partition coefficient (Wildman–Crippen LogP) is 2.98. The third kappa shape index (κ3) is 2.33. The van der Waals surface area contributed by atoms with Gasteiger partial charge in [-0.05, 0) is 17.7 Å². The van der Waals surface area contributed by atoms with Crippen molar-refractivity contribution in [3.63, 3.8) is 0 Å². The van der Waals surface area contributed by atoms with E-state index in [1.165, 1.54) is 23.9 Å². The number of carbonyl (C=O) groups excluding carboxylic acids is 1. The number of fused-ring (bicyclic) bond motifs is 1. The lowest BCUT2D eigenvalue weighted by molar-refractivity contribution is -0.113. The molecule has 0 saturated heterocycles. The zero-order valence-corrected chi connectivity index (χ0v) is 11.2. The number of carbonyl (C=O) groups is 1. The van der Waals surface area contributed by atoms with Crippen LogP contribution in [0.5, 0.6) is 0 Å². The smallest absolute Gasteiger partial charge is 0.235 e. The quantitative estimate of drug-likeness (QED) is 0.851. The summed E-state index contributed by atoms with van der Waals surface area (Å²) in [4.78, 5) is 11.6. The van der Waals surface area contributed by atoms with Crippen molar-refractivity contribution in [1.82, 2.24) is 10.2 Å². The molecule has 4 nitrogen and oxygen atoms in total. The van der Waals surface area contributed by atoms with E-state index in [4.69, 9.17) is 11.6 Å². The Hall–Kier alpha value is -1.53. The Bertz CT molecular complexity index is 646. The van der Waals surface area contributed by atoms with E-state index < -0.39 is 0 Å². The van der Waals surface area contributed by atoms with E-state index in [2.05, 4.69) is 15.5 Å². The minimum atomic E-state index is -0.381. The van der Waals surface area contributed by atoms with Gasteiger partial charge in [-0.15, -0.1) is 11.8 Å². The maximum Gasteiger partial charge on any atom is 0.235 e. The topological polar surface area (TPSA) is 57.8 Å². The zero-order valence-electron chi connectivity index (χ0n) is 9.61. The summed E-state index contributed by atoms with van der Waals surface area (Å²) in [6, 6.07) is 4.28. The van der Waals surface area contributed by atoms with Gasteiger partial charge in [0.15, 0.2) is 0 Å². The highest BCUT2D eigenvalue weighted by Gasteiger charge is 2.27. The Morgan fingerprint density at radius 1 is 1.42 bits per heavy atom. The molecule has 7 heteroatoms. The van der Waals surface area contributed by atoms with Crippen molar-refractivity contribution in [3.8, 4) is 0 Å². The number of thioether (sulfide) groups is 1. The van der Waals surface area contributed by atoms with Crippen LogP contribution in [0.1, 0.15) is 16.4 Å². The molecule has 98 valence electrons. The fourth-order valence-corrected chi connectivity index (χ4v) is 3.46. The van der Waals surface area contributed by atoms with Crippen LogP contribution in [0.25, 0.3) is 0 Å². The normalized spacial score (nSPS) is 18.6. The lowest BCUT2D eigenvalue weighted by Gasteiger charge is -2.15. The Kier molecular flexibility index (Phi) is 3.20. The number of nitrogens with one attached hydrogen (secondary N) is 2. The maximum absolute atomic E-state index is 13.1. The Morgan fingerprint density at radius 3 is 3.05 bits per heavy atom. The van der Waals surface area contributed by atoms with Crippen molar-refractivity contribution in [2.24, 2.45) is 0 Å². The molecule has 2 N–H and O–H groups in total. The monoisotopic (exact) mass is 297 g/mol. The number of H-pyrrole nitrogens is 1. The van der Waals surface area contributed by atoms with Crippen LogP contribution in [0, 0.1) is 5.82 Å². The molecule has 1 atom stereocenters. The second-order valence-corrected chi connectivity index (χ2v) is 5.61. The number of benzene rings is 1. The molecule has 0 spiro atoms. The third-order valence-electron chi connectivity index (χ3n) is 2.84. The number of aromatic amines is 1. The summed E-state index contributed by atoms with van der Waals surface area (Å²) in [6.07, 6.45) is 1.65. The standard InChI is InChI=1S/C12H9ClFN3OS/c13-9-3-6(14)1-2-7(9)11-8-4-15-17-12(8)16-10(18)5-19-11/h1-4,11H,5H2,(H2,15,16,17,18)/t11-/m1/s1. The van der Waals surface area contributed by atoms with Crippen molar-refractivity contribution in [3.05, 3.63) is 46.4 Å². The summed E-state index contributed by atoms with van der Waals surface area (Å²) in [5, 5.41) is 9.61. The van der Waals surface area contributed by atoms with Crippen LogP contribution in [0.4, 0.5) is 10.2 Å². The first-order valence-corrected chi connectivity index (χ1v) is 6.97. The molecule has 0 fully saturated rings. The van der Waals surface area contributed by atoms with Crippen LogP contribution in [0.3, 0.4) is 0 Å². The molecule has 0 radical (unpaired) electrons. The van der Waals surface area contributed by atoms with Gasteiger partial charge < -0.3 is 5.32 Å². The van der Waals surface area contributed by atoms with Gasteiger partial charge in [-0.1, -0.05) is 17.7 Å². The molecule has 0 unspecified atom stereocenters. The largest absolute Gasteiger partial charge is 0.310 e. The van der Waals surface area contributed by atoms with Crippen molar-refractivity contribution < 1.29 is 9.18 Å². The van der Waals surface area contributed by atoms with E-state index in [0.717, 1.165) is 11.1 Å². The fourth-order valence-electron chi connectivity index (χ4n) is 1.99. The van der Waals surface area contributed by atoms with E-state index in [1.807, 2.05) is 0 Å². The van der Waals surface area contributed by atoms with Gasteiger partial charge in [-0.2, -0.15) is 5.10 Å². The van der Waals surface area contributed by atoms with Gasteiger partial charge >= 0.3 is 0 Å². The van der Waals surface area contributed by atoms with E-state index in [9.17, 15) is 9.18 Å². The number of amides is 1. The summed E-state index contributed by atoms with van der Waals surface area (Å²) < 4.78 is 13.1. The van der Waals surface area contributed by atoms with Crippen LogP contribution in [0.2, 0.25) is 5.02 Å². The molecule has 2 aromatic rings. The number of nitrogens with zero attached hydrogens (tertiary/aromatic N) is 1. The number of rotatable bonds is 1. The molecule has 3 rings (SSSR count). The molecule has 19 heavy (non-hydrogen) atoms. The highest BCUT2D eigenvalue weighted by atomic mass is 35.5. The number of hydrogen-bond acceptors (Lipinski definition) is 3. The van der Waals surface area contributed by atoms with Crippen LogP contribution in [-0.4, -0.2) is 21.9 Å². The first-order chi connectivity index (χ1) is 9.15. The molecule has 1 aliphatic rings. The molecular formula is C12H9ClFN3OS. The molecule has 1 aromatic heterocycles. The third-order valence-corrected chi connectivity index (χ3v) is 4.44. The van der Waals surface area contributed by atoms with Crippen molar-refractivity contribution in [2.45, 2.75) is 5.25 Å². The fraction of sp³-hybridized carbons (Fsp3) is 0.167. The summed E-state index contributed by atoms with van der Waals surface area (Å²) >= 11 is 7.53. The van der Waals surface area contributed by atoms with Crippen LogP contribution < -0.4 is 5.32 Å². The van der Waals surface area contributed by atoms with E-state index in [1.54, 1.807) is 12.3 Å². The van der Waals surface area contributed by atoms with E-state index in [-0.39, 0.29) is 17.0 Å². The number of halogens is 2. The van der Waals surface area contributed by atoms with E-state index in [0.29, 0.717) is 16.6 Å².